The minimum absolute atomic E-state index is 0.0768. The zero-order valence-electron chi connectivity index (χ0n) is 17.0. The van der Waals surface area contributed by atoms with Gasteiger partial charge in [0, 0.05) is 9.90 Å². The van der Waals surface area contributed by atoms with Crippen molar-refractivity contribution in [1.29, 1.82) is 0 Å². The van der Waals surface area contributed by atoms with Crippen molar-refractivity contribution in [3.8, 4) is 0 Å². The Hall–Kier alpha value is -2.61. The lowest BCUT2D eigenvalue weighted by Crippen LogP contribution is -2.11. The van der Waals surface area contributed by atoms with E-state index in [4.69, 9.17) is 21.6 Å². The number of halogens is 1. The fraction of sp³-hybridized carbons (Fsp3) is 0.174. The van der Waals surface area contributed by atoms with E-state index in [0.717, 1.165) is 31.5 Å². The second-order valence-electron chi connectivity index (χ2n) is 7.36. The number of H-pyrrole nitrogens is 1. The van der Waals surface area contributed by atoms with Gasteiger partial charge in [0.1, 0.15) is 10.7 Å². The Morgan fingerprint density at radius 3 is 2.74 bits per heavy atom. The van der Waals surface area contributed by atoms with Crippen LogP contribution in [-0.4, -0.2) is 19.5 Å². The Morgan fingerprint density at radius 1 is 1.13 bits per heavy atom. The number of aryl methyl sites for hydroxylation is 2. The Balaban J connectivity index is 1.51. The van der Waals surface area contributed by atoms with Crippen LogP contribution in [-0.2, 0) is 12.3 Å². The second-order valence-corrected chi connectivity index (χ2v) is 9.95. The molecule has 0 radical (unpaired) electrons. The predicted molar refractivity (Wildman–Crippen MR) is 130 cm³/mol. The van der Waals surface area contributed by atoms with Gasteiger partial charge in [-0.15, -0.1) is 11.3 Å². The molecule has 5 nitrogen and oxygen atoms in total. The SMILES string of the molecule is Cc1sc2nc(CSc3nc4cc(Cl)ccc4n3Cc3ccccc3)[nH]c(=O)c2c1C. The monoisotopic (exact) mass is 466 g/mol. The van der Waals surface area contributed by atoms with Crippen LogP contribution in [0, 0.1) is 13.8 Å². The van der Waals surface area contributed by atoms with Crippen molar-refractivity contribution in [2.45, 2.75) is 31.3 Å². The predicted octanol–water partition coefficient (Wildman–Crippen LogP) is 5.95. The number of thioether (sulfide) groups is 1. The summed E-state index contributed by atoms with van der Waals surface area (Å²) in [5.74, 6) is 1.17. The molecule has 0 atom stereocenters. The summed E-state index contributed by atoms with van der Waals surface area (Å²) in [7, 11) is 0. The Morgan fingerprint density at radius 2 is 1.94 bits per heavy atom. The highest BCUT2D eigenvalue weighted by Gasteiger charge is 2.15. The van der Waals surface area contributed by atoms with Gasteiger partial charge < -0.3 is 9.55 Å². The van der Waals surface area contributed by atoms with E-state index in [1.165, 1.54) is 5.56 Å². The van der Waals surface area contributed by atoms with Gasteiger partial charge in [-0.25, -0.2) is 9.97 Å². The van der Waals surface area contributed by atoms with Crippen LogP contribution in [0.25, 0.3) is 21.3 Å². The van der Waals surface area contributed by atoms with E-state index in [9.17, 15) is 4.79 Å². The molecule has 1 N–H and O–H groups in total. The summed E-state index contributed by atoms with van der Waals surface area (Å²) in [5, 5.41) is 2.22. The van der Waals surface area contributed by atoms with Crippen LogP contribution >= 0.6 is 34.7 Å². The number of fused-ring (bicyclic) bond motifs is 2. The molecule has 0 bridgehead atoms. The number of nitrogens with one attached hydrogen (secondary N) is 1. The van der Waals surface area contributed by atoms with E-state index in [-0.39, 0.29) is 5.56 Å². The largest absolute Gasteiger partial charge is 0.314 e. The molecule has 8 heteroatoms. The molecule has 0 spiro atoms. The van der Waals surface area contributed by atoms with Crippen LogP contribution in [0.2, 0.25) is 5.02 Å². The van der Waals surface area contributed by atoms with E-state index in [0.29, 0.717) is 28.5 Å². The number of thiophene rings is 1. The van der Waals surface area contributed by atoms with Crippen molar-refractivity contribution in [2.75, 3.05) is 0 Å². The van der Waals surface area contributed by atoms with Crippen molar-refractivity contribution >= 4 is 55.9 Å². The standard InChI is InChI=1S/C23H19ClN4OS2/c1-13-14(2)31-22-20(13)21(29)26-19(27-22)12-30-23-25-17-10-16(24)8-9-18(17)28(23)11-15-6-4-3-5-7-15/h3-10H,11-12H2,1-2H3,(H,26,27,29). The third-order valence-corrected chi connectivity index (χ3v) is 7.61. The molecule has 0 aliphatic rings. The number of benzene rings is 2. The highest BCUT2D eigenvalue weighted by Crippen LogP contribution is 2.30. The molecule has 0 aliphatic heterocycles. The van der Waals surface area contributed by atoms with Crippen LogP contribution in [0.5, 0.6) is 0 Å². The summed E-state index contributed by atoms with van der Waals surface area (Å²) in [6.45, 7) is 4.69. The molecular formula is C23H19ClN4OS2. The number of nitrogens with zero attached hydrogens (tertiary/aromatic N) is 3. The molecule has 0 aliphatic carbocycles. The van der Waals surface area contributed by atoms with Gasteiger partial charge in [0.15, 0.2) is 5.16 Å². The first kappa shape index (κ1) is 20.3. The maximum absolute atomic E-state index is 12.6. The summed E-state index contributed by atoms with van der Waals surface area (Å²) in [6.07, 6.45) is 0. The Bertz CT molecular complexity index is 1470. The molecule has 0 fully saturated rings. The van der Waals surface area contributed by atoms with Gasteiger partial charge in [0.25, 0.3) is 5.56 Å². The number of rotatable bonds is 5. The first-order chi connectivity index (χ1) is 15.0. The molecule has 156 valence electrons. The lowest BCUT2D eigenvalue weighted by Gasteiger charge is -2.09. The second kappa shape index (κ2) is 8.15. The van der Waals surface area contributed by atoms with Crippen LogP contribution in [0.15, 0.2) is 58.5 Å². The average Bonchev–Trinajstić information content (AvgIpc) is 3.23. The third-order valence-electron chi connectivity index (χ3n) is 5.28. The van der Waals surface area contributed by atoms with E-state index in [1.807, 2.05) is 50.2 Å². The van der Waals surface area contributed by atoms with Crippen molar-refractivity contribution in [1.82, 2.24) is 19.5 Å². The zero-order valence-corrected chi connectivity index (χ0v) is 19.4. The molecule has 31 heavy (non-hydrogen) atoms. The summed E-state index contributed by atoms with van der Waals surface area (Å²) in [5.41, 5.74) is 4.00. The number of imidazole rings is 1. The molecular weight excluding hydrogens is 448 g/mol. The molecule has 0 saturated carbocycles. The van der Waals surface area contributed by atoms with Crippen LogP contribution in [0.3, 0.4) is 0 Å². The van der Waals surface area contributed by atoms with Gasteiger partial charge in [-0.1, -0.05) is 53.7 Å². The van der Waals surface area contributed by atoms with Crippen molar-refractivity contribution in [3.63, 3.8) is 0 Å². The van der Waals surface area contributed by atoms with Gasteiger partial charge in [-0.05, 0) is 43.2 Å². The number of hydrogen-bond acceptors (Lipinski definition) is 5. The van der Waals surface area contributed by atoms with Gasteiger partial charge in [0.2, 0.25) is 0 Å². The van der Waals surface area contributed by atoms with Crippen molar-refractivity contribution < 1.29 is 0 Å². The topological polar surface area (TPSA) is 63.6 Å². The van der Waals surface area contributed by atoms with Gasteiger partial charge in [-0.2, -0.15) is 0 Å². The summed E-state index contributed by atoms with van der Waals surface area (Å²) in [4.78, 5) is 27.0. The summed E-state index contributed by atoms with van der Waals surface area (Å²) < 4.78 is 2.18. The highest BCUT2D eigenvalue weighted by molar-refractivity contribution is 7.98. The van der Waals surface area contributed by atoms with Gasteiger partial charge in [0.05, 0.1) is 28.7 Å². The van der Waals surface area contributed by atoms with E-state index >= 15 is 0 Å². The molecule has 5 aromatic rings. The fourth-order valence-electron chi connectivity index (χ4n) is 3.61. The van der Waals surface area contributed by atoms with Crippen LogP contribution in [0.1, 0.15) is 21.8 Å². The number of aromatic amines is 1. The number of hydrogen-bond donors (Lipinski definition) is 1. The first-order valence-electron chi connectivity index (χ1n) is 9.81. The average molecular weight is 467 g/mol. The molecule has 0 amide bonds. The molecule has 3 aromatic heterocycles. The lowest BCUT2D eigenvalue weighted by molar-refractivity contribution is 0.730. The van der Waals surface area contributed by atoms with Gasteiger partial charge >= 0.3 is 0 Å². The first-order valence-corrected chi connectivity index (χ1v) is 12.0. The maximum Gasteiger partial charge on any atom is 0.259 e. The summed E-state index contributed by atoms with van der Waals surface area (Å²) >= 11 is 9.32. The number of aromatic nitrogens is 4. The Kier molecular flexibility index (Phi) is 5.33. The minimum atomic E-state index is -0.0768. The van der Waals surface area contributed by atoms with Crippen molar-refractivity contribution in [2.24, 2.45) is 0 Å². The maximum atomic E-state index is 12.6. The van der Waals surface area contributed by atoms with Gasteiger partial charge in [-0.3, -0.25) is 4.79 Å². The third kappa shape index (κ3) is 3.89. The molecule has 2 aromatic carbocycles. The van der Waals surface area contributed by atoms with Crippen LogP contribution in [0.4, 0.5) is 0 Å². The fourth-order valence-corrected chi connectivity index (χ4v) is 5.71. The van der Waals surface area contributed by atoms with Crippen molar-refractivity contribution in [3.05, 3.63) is 85.7 Å². The van der Waals surface area contributed by atoms with E-state index in [2.05, 4.69) is 21.7 Å². The zero-order chi connectivity index (χ0) is 21.5. The lowest BCUT2D eigenvalue weighted by atomic mass is 10.2. The summed E-state index contributed by atoms with van der Waals surface area (Å²) in [6, 6.07) is 16.1. The molecule has 3 heterocycles. The quantitative estimate of drug-likeness (QED) is 0.325. The smallest absolute Gasteiger partial charge is 0.259 e. The normalized spacial score (nSPS) is 11.6. The van der Waals surface area contributed by atoms with E-state index in [1.54, 1.807) is 23.1 Å². The molecule has 0 saturated heterocycles. The van der Waals surface area contributed by atoms with E-state index < -0.39 is 0 Å². The minimum Gasteiger partial charge on any atom is -0.314 e. The molecule has 5 rings (SSSR count). The molecule has 0 unspecified atom stereocenters. The Labute approximate surface area is 192 Å². The highest BCUT2D eigenvalue weighted by atomic mass is 35.5. The van der Waals surface area contributed by atoms with Crippen LogP contribution < -0.4 is 5.56 Å².